The molecule has 0 unspecified atom stereocenters. The number of nitrogens with zero attached hydrogens (tertiary/aromatic N) is 1. The zero-order chi connectivity index (χ0) is 25.3. The molecule has 4 rings (SSSR count). The molecule has 3 amide bonds. The highest BCUT2D eigenvalue weighted by molar-refractivity contribution is 6.53. The van der Waals surface area contributed by atoms with Gasteiger partial charge in [-0.1, -0.05) is 46.9 Å². The Balaban J connectivity index is 1.57. The smallest absolute Gasteiger partial charge is 0.283 e. The number of carbonyl (C=O) groups excluding carboxylic acids is 3. The minimum Gasteiger partial charge on any atom is -0.495 e. The quantitative estimate of drug-likeness (QED) is 0.382. The van der Waals surface area contributed by atoms with Gasteiger partial charge in [-0.3, -0.25) is 14.4 Å². The lowest BCUT2D eigenvalue weighted by atomic mass is 10.1. The Morgan fingerprint density at radius 1 is 0.943 bits per heavy atom. The van der Waals surface area contributed by atoms with Crippen molar-refractivity contribution in [2.45, 2.75) is 6.92 Å². The molecular weight excluding hydrogens is 513 g/mol. The Kier molecular flexibility index (Phi) is 7.03. The van der Waals surface area contributed by atoms with Gasteiger partial charge in [-0.05, 0) is 61.0 Å². The molecule has 0 aromatic heterocycles. The number of halogens is 3. The van der Waals surface area contributed by atoms with E-state index in [2.05, 4.69) is 10.6 Å². The Bertz CT molecular complexity index is 1400. The molecule has 0 aliphatic carbocycles. The van der Waals surface area contributed by atoms with E-state index in [0.717, 1.165) is 4.90 Å². The summed E-state index contributed by atoms with van der Waals surface area (Å²) in [5, 5.41) is 6.19. The minimum atomic E-state index is -0.675. The van der Waals surface area contributed by atoms with Gasteiger partial charge in [0, 0.05) is 21.3 Å². The number of hydrogen-bond donors (Lipinski definition) is 2. The molecule has 0 saturated heterocycles. The van der Waals surface area contributed by atoms with Crippen molar-refractivity contribution in [1.82, 2.24) is 0 Å². The average Bonchev–Trinajstić information content (AvgIpc) is 3.04. The van der Waals surface area contributed by atoms with Gasteiger partial charge in [0.25, 0.3) is 17.7 Å². The fraction of sp³-hybridized carbons (Fsp3) is 0.0800. The summed E-state index contributed by atoms with van der Waals surface area (Å²) in [6.07, 6.45) is 0. The van der Waals surface area contributed by atoms with Gasteiger partial charge in [0.2, 0.25) is 0 Å². The normalized spacial score (nSPS) is 13.3. The fourth-order valence-electron chi connectivity index (χ4n) is 3.52. The molecule has 0 radical (unpaired) electrons. The van der Waals surface area contributed by atoms with Crippen molar-refractivity contribution in [2.75, 3.05) is 22.6 Å². The van der Waals surface area contributed by atoms with Crippen LogP contribution in [0.1, 0.15) is 15.9 Å². The number of anilines is 3. The third kappa shape index (κ3) is 4.84. The molecule has 35 heavy (non-hydrogen) atoms. The lowest BCUT2D eigenvalue weighted by molar-refractivity contribution is -0.120. The van der Waals surface area contributed by atoms with Gasteiger partial charge in [0.15, 0.2) is 0 Å². The maximum atomic E-state index is 13.1. The Labute approximate surface area is 216 Å². The number of benzene rings is 3. The predicted octanol–water partition coefficient (Wildman–Crippen LogP) is 6.00. The first kappa shape index (κ1) is 24.6. The molecule has 10 heteroatoms. The number of methoxy groups -OCH3 is 1. The van der Waals surface area contributed by atoms with E-state index >= 15 is 0 Å². The largest absolute Gasteiger partial charge is 0.495 e. The molecule has 0 saturated carbocycles. The van der Waals surface area contributed by atoms with Gasteiger partial charge in [-0.25, -0.2) is 4.90 Å². The van der Waals surface area contributed by atoms with Crippen LogP contribution in [0.2, 0.25) is 10.0 Å². The highest BCUT2D eigenvalue weighted by Crippen LogP contribution is 2.34. The molecule has 3 aromatic rings. The summed E-state index contributed by atoms with van der Waals surface area (Å²) >= 11 is 18.4. The number of imide groups is 1. The highest BCUT2D eigenvalue weighted by atomic mass is 35.5. The molecule has 1 aliphatic rings. The molecule has 1 heterocycles. The van der Waals surface area contributed by atoms with E-state index in [1.165, 1.54) is 13.2 Å². The summed E-state index contributed by atoms with van der Waals surface area (Å²) in [6.45, 7) is 1.70. The van der Waals surface area contributed by atoms with Gasteiger partial charge in [0.05, 0.1) is 18.5 Å². The van der Waals surface area contributed by atoms with Crippen LogP contribution in [-0.4, -0.2) is 24.8 Å². The summed E-state index contributed by atoms with van der Waals surface area (Å²) in [7, 11) is 1.48. The summed E-state index contributed by atoms with van der Waals surface area (Å²) < 4.78 is 5.26. The van der Waals surface area contributed by atoms with Crippen molar-refractivity contribution in [3.8, 4) is 5.75 Å². The number of ether oxygens (including phenoxy) is 1. The van der Waals surface area contributed by atoms with E-state index < -0.39 is 17.7 Å². The van der Waals surface area contributed by atoms with Crippen molar-refractivity contribution in [3.05, 3.63) is 92.6 Å². The van der Waals surface area contributed by atoms with Gasteiger partial charge < -0.3 is 15.4 Å². The first-order valence-electron chi connectivity index (χ1n) is 10.3. The van der Waals surface area contributed by atoms with Crippen LogP contribution in [0.3, 0.4) is 0 Å². The third-order valence-corrected chi connectivity index (χ3v) is 6.31. The van der Waals surface area contributed by atoms with E-state index in [-0.39, 0.29) is 16.3 Å². The maximum Gasteiger partial charge on any atom is 0.283 e. The number of rotatable bonds is 6. The number of amides is 3. The molecule has 0 atom stereocenters. The lowest BCUT2D eigenvalue weighted by Crippen LogP contribution is -2.32. The second kappa shape index (κ2) is 10.00. The van der Waals surface area contributed by atoms with Crippen LogP contribution in [-0.2, 0) is 9.59 Å². The molecule has 1 aliphatic heterocycles. The van der Waals surface area contributed by atoms with Crippen LogP contribution in [0.15, 0.2) is 71.4 Å². The third-order valence-electron chi connectivity index (χ3n) is 5.31. The van der Waals surface area contributed by atoms with Crippen LogP contribution in [0.5, 0.6) is 5.75 Å². The summed E-state index contributed by atoms with van der Waals surface area (Å²) in [6, 6.07) is 16.1. The molecule has 0 bridgehead atoms. The zero-order valence-electron chi connectivity index (χ0n) is 18.5. The van der Waals surface area contributed by atoms with Crippen LogP contribution < -0.4 is 20.3 Å². The summed E-state index contributed by atoms with van der Waals surface area (Å²) in [5.74, 6) is -1.30. The maximum absolute atomic E-state index is 13.1. The highest BCUT2D eigenvalue weighted by Gasteiger charge is 2.39. The van der Waals surface area contributed by atoms with Gasteiger partial charge >= 0.3 is 0 Å². The molecule has 7 nitrogen and oxygen atoms in total. The topological polar surface area (TPSA) is 87.7 Å². The van der Waals surface area contributed by atoms with E-state index in [9.17, 15) is 14.4 Å². The van der Waals surface area contributed by atoms with E-state index in [0.29, 0.717) is 38.4 Å². The first-order valence-corrected chi connectivity index (χ1v) is 11.4. The van der Waals surface area contributed by atoms with E-state index in [4.69, 9.17) is 39.5 Å². The van der Waals surface area contributed by atoms with Crippen LogP contribution >= 0.6 is 34.8 Å². The standard InChI is InChI=1S/C25H18Cl3N3O4/c1-13-17(27)7-4-8-19(13)31-24(33)21(28)22(25(31)34)29-16-6-3-5-14(11-16)23(32)30-18-12-15(26)9-10-20(18)35-2/h3-12,29H,1-2H3,(H,30,32). The van der Waals surface area contributed by atoms with Crippen molar-refractivity contribution < 1.29 is 19.1 Å². The monoisotopic (exact) mass is 529 g/mol. The molecule has 3 aromatic carbocycles. The van der Waals surface area contributed by atoms with Crippen LogP contribution in [0.25, 0.3) is 0 Å². The number of hydrogen-bond acceptors (Lipinski definition) is 5. The molecule has 0 spiro atoms. The Hall–Kier alpha value is -3.52. The SMILES string of the molecule is COc1ccc(Cl)cc1NC(=O)c1cccc(NC2=C(Cl)C(=O)N(c3cccc(Cl)c3C)C2=O)c1. The van der Waals surface area contributed by atoms with Crippen molar-refractivity contribution in [3.63, 3.8) is 0 Å². The molecule has 2 N–H and O–H groups in total. The lowest BCUT2D eigenvalue weighted by Gasteiger charge is -2.18. The van der Waals surface area contributed by atoms with Crippen molar-refractivity contribution in [2.24, 2.45) is 0 Å². The Morgan fingerprint density at radius 2 is 1.69 bits per heavy atom. The number of nitrogens with one attached hydrogen (secondary N) is 2. The minimum absolute atomic E-state index is 0.106. The van der Waals surface area contributed by atoms with Crippen LogP contribution in [0.4, 0.5) is 17.1 Å². The fourth-order valence-corrected chi connectivity index (χ4v) is 4.08. The van der Waals surface area contributed by atoms with E-state index in [1.807, 2.05) is 0 Å². The van der Waals surface area contributed by atoms with E-state index in [1.54, 1.807) is 61.5 Å². The predicted molar refractivity (Wildman–Crippen MR) is 138 cm³/mol. The second-order valence-electron chi connectivity index (χ2n) is 7.52. The van der Waals surface area contributed by atoms with Crippen LogP contribution in [0, 0.1) is 6.92 Å². The number of carbonyl (C=O) groups is 3. The van der Waals surface area contributed by atoms with Gasteiger partial charge in [-0.2, -0.15) is 0 Å². The molecule has 0 fully saturated rings. The van der Waals surface area contributed by atoms with Crippen molar-refractivity contribution in [1.29, 1.82) is 0 Å². The van der Waals surface area contributed by atoms with Gasteiger partial charge in [0.1, 0.15) is 16.5 Å². The van der Waals surface area contributed by atoms with Crippen molar-refractivity contribution >= 4 is 69.6 Å². The Morgan fingerprint density at radius 3 is 2.43 bits per heavy atom. The zero-order valence-corrected chi connectivity index (χ0v) is 20.8. The molecule has 178 valence electrons. The first-order chi connectivity index (χ1) is 16.7. The average molecular weight is 531 g/mol. The second-order valence-corrected chi connectivity index (χ2v) is 8.74. The van der Waals surface area contributed by atoms with Gasteiger partial charge in [-0.15, -0.1) is 0 Å². The summed E-state index contributed by atoms with van der Waals surface area (Å²) in [4.78, 5) is 39.7. The summed E-state index contributed by atoms with van der Waals surface area (Å²) in [5.41, 5.74) is 1.87. The molecular formula is C25H18Cl3N3O4.